The monoisotopic (exact) mass is 541 g/mol. The number of hydrogen-bond donors (Lipinski definition) is 1. The fourth-order valence-electron chi connectivity index (χ4n) is 6.58. The number of methoxy groups -OCH3 is 1. The second-order valence-corrected chi connectivity index (χ2v) is 11.6. The summed E-state index contributed by atoms with van der Waals surface area (Å²) in [4.78, 5) is 19.0. The second kappa shape index (κ2) is 9.89. The molecule has 208 valence electrons. The van der Waals surface area contributed by atoms with Crippen LogP contribution >= 0.6 is 0 Å². The van der Waals surface area contributed by atoms with Crippen LogP contribution < -0.4 is 9.47 Å². The molecule has 40 heavy (non-hydrogen) atoms. The van der Waals surface area contributed by atoms with Gasteiger partial charge in [-0.05, 0) is 73.6 Å². The third-order valence-electron chi connectivity index (χ3n) is 8.37. The molecule has 1 aliphatic carbocycles. The van der Waals surface area contributed by atoms with E-state index >= 15 is 0 Å². The standard InChI is InChI=1S/C31H35N5O4/c1-18-22(13-27(39-5)30-29(18)33-34-35(30)4)23(14-28(37)38)20-7-6-19-8-9-25(24(19)12-20)36-16-21-15-32-11-10-26(21)40-31(2,3)17-36/h6-7,10-13,15,23,25H,8-9,14,16-17H2,1-5H3,(H,37,38). The largest absolute Gasteiger partial charge is 0.494 e. The number of aliphatic carboxylic acids is 1. The molecule has 0 saturated heterocycles. The van der Waals surface area contributed by atoms with Crippen molar-refractivity contribution in [2.75, 3.05) is 13.7 Å². The van der Waals surface area contributed by atoms with E-state index < -0.39 is 5.97 Å². The van der Waals surface area contributed by atoms with Gasteiger partial charge in [0.05, 0.1) is 13.5 Å². The van der Waals surface area contributed by atoms with Crippen LogP contribution in [0, 0.1) is 6.92 Å². The Morgan fingerprint density at radius 2 is 2.08 bits per heavy atom. The topological polar surface area (TPSA) is 103 Å². The van der Waals surface area contributed by atoms with E-state index in [1.54, 1.807) is 18.0 Å². The Labute approximate surface area is 233 Å². The fourth-order valence-corrected chi connectivity index (χ4v) is 6.58. The van der Waals surface area contributed by atoms with Crippen LogP contribution in [-0.2, 0) is 24.8 Å². The van der Waals surface area contributed by atoms with Crippen molar-refractivity contribution in [2.24, 2.45) is 7.05 Å². The lowest BCUT2D eigenvalue weighted by Gasteiger charge is -2.34. The van der Waals surface area contributed by atoms with E-state index in [1.807, 2.05) is 32.3 Å². The summed E-state index contributed by atoms with van der Waals surface area (Å²) >= 11 is 0. The van der Waals surface area contributed by atoms with Crippen molar-refractivity contribution in [3.63, 3.8) is 0 Å². The van der Waals surface area contributed by atoms with Crippen LogP contribution in [0.2, 0.25) is 0 Å². The first-order valence-electron chi connectivity index (χ1n) is 13.7. The average molecular weight is 542 g/mol. The zero-order valence-electron chi connectivity index (χ0n) is 23.6. The average Bonchev–Trinajstić information content (AvgIpc) is 3.48. The minimum absolute atomic E-state index is 0.0388. The number of carboxylic acids is 1. The Hall–Kier alpha value is -3.98. The molecule has 2 atom stereocenters. The van der Waals surface area contributed by atoms with E-state index in [1.165, 1.54) is 11.1 Å². The Bertz CT molecular complexity index is 1610. The summed E-state index contributed by atoms with van der Waals surface area (Å²) in [6, 6.07) is 10.6. The number of aromatic nitrogens is 4. The van der Waals surface area contributed by atoms with E-state index in [0.717, 1.165) is 65.0 Å². The molecule has 0 spiro atoms. The second-order valence-electron chi connectivity index (χ2n) is 11.6. The molecule has 4 aromatic rings. The predicted octanol–water partition coefficient (Wildman–Crippen LogP) is 4.95. The summed E-state index contributed by atoms with van der Waals surface area (Å²) in [6.45, 7) is 7.77. The lowest BCUT2D eigenvalue weighted by Crippen LogP contribution is -2.41. The highest BCUT2D eigenvalue weighted by Crippen LogP contribution is 2.43. The maximum atomic E-state index is 12.2. The van der Waals surface area contributed by atoms with Gasteiger partial charge in [0.2, 0.25) is 0 Å². The summed E-state index contributed by atoms with van der Waals surface area (Å²) in [7, 11) is 3.45. The van der Waals surface area contributed by atoms with Gasteiger partial charge in [0.15, 0.2) is 0 Å². The zero-order valence-corrected chi connectivity index (χ0v) is 23.6. The van der Waals surface area contributed by atoms with E-state index in [2.05, 4.69) is 52.2 Å². The van der Waals surface area contributed by atoms with Crippen molar-refractivity contribution in [2.45, 2.75) is 64.1 Å². The van der Waals surface area contributed by atoms with Gasteiger partial charge in [-0.1, -0.05) is 23.4 Å². The maximum Gasteiger partial charge on any atom is 0.304 e. The first kappa shape index (κ1) is 26.3. The minimum atomic E-state index is -0.852. The molecule has 2 aromatic carbocycles. The van der Waals surface area contributed by atoms with Gasteiger partial charge in [0.1, 0.15) is 28.1 Å². The number of nitrogens with zero attached hydrogens (tertiary/aromatic N) is 5. The third kappa shape index (κ3) is 4.58. The molecule has 2 aliphatic rings. The minimum Gasteiger partial charge on any atom is -0.494 e. The van der Waals surface area contributed by atoms with Crippen LogP contribution in [0.5, 0.6) is 11.5 Å². The summed E-state index contributed by atoms with van der Waals surface area (Å²) in [5, 5.41) is 18.6. The predicted molar refractivity (Wildman–Crippen MR) is 151 cm³/mol. The third-order valence-corrected chi connectivity index (χ3v) is 8.37. The zero-order chi connectivity index (χ0) is 28.2. The number of fused-ring (bicyclic) bond motifs is 3. The normalized spacial score (nSPS) is 19.0. The van der Waals surface area contributed by atoms with Gasteiger partial charge < -0.3 is 14.6 Å². The van der Waals surface area contributed by atoms with Gasteiger partial charge in [0.25, 0.3) is 0 Å². The number of hydrogen-bond acceptors (Lipinski definition) is 7. The van der Waals surface area contributed by atoms with Crippen LogP contribution in [0.1, 0.15) is 72.0 Å². The molecule has 0 bridgehead atoms. The fraction of sp³-hybridized carbons (Fsp3) is 0.419. The Balaban J connectivity index is 1.42. The van der Waals surface area contributed by atoms with Gasteiger partial charge >= 0.3 is 5.97 Å². The van der Waals surface area contributed by atoms with E-state index in [-0.39, 0.29) is 24.0 Å². The van der Waals surface area contributed by atoms with E-state index in [0.29, 0.717) is 5.75 Å². The van der Waals surface area contributed by atoms with Crippen molar-refractivity contribution in [1.29, 1.82) is 0 Å². The molecule has 2 unspecified atom stereocenters. The number of rotatable bonds is 6. The lowest BCUT2D eigenvalue weighted by molar-refractivity contribution is -0.137. The molecular weight excluding hydrogens is 506 g/mol. The SMILES string of the molecule is COc1cc(C(CC(=O)O)c2ccc3c(c2)C(N2Cc4cnccc4OC(C)(C)C2)CC3)c(C)c2nnn(C)c12. The van der Waals surface area contributed by atoms with Crippen molar-refractivity contribution in [1.82, 2.24) is 24.9 Å². The molecule has 6 rings (SSSR count). The number of ether oxygens (including phenoxy) is 2. The smallest absolute Gasteiger partial charge is 0.304 e. The molecule has 0 fully saturated rings. The van der Waals surface area contributed by atoms with Crippen LogP contribution in [0.4, 0.5) is 0 Å². The summed E-state index contributed by atoms with van der Waals surface area (Å²) in [5.41, 5.74) is 7.62. The van der Waals surface area contributed by atoms with Crippen LogP contribution in [0.25, 0.3) is 11.0 Å². The molecule has 9 nitrogen and oxygen atoms in total. The van der Waals surface area contributed by atoms with Gasteiger partial charge in [0, 0.05) is 50.1 Å². The maximum absolute atomic E-state index is 12.2. The van der Waals surface area contributed by atoms with E-state index in [9.17, 15) is 9.90 Å². The van der Waals surface area contributed by atoms with Gasteiger partial charge in [-0.15, -0.1) is 5.10 Å². The summed E-state index contributed by atoms with van der Waals surface area (Å²) < 4.78 is 13.8. The number of pyridine rings is 1. The van der Waals surface area contributed by atoms with Gasteiger partial charge in [-0.2, -0.15) is 0 Å². The highest BCUT2D eigenvalue weighted by atomic mass is 16.5. The quantitative estimate of drug-likeness (QED) is 0.366. The molecular formula is C31H35N5O4. The van der Waals surface area contributed by atoms with E-state index in [4.69, 9.17) is 9.47 Å². The van der Waals surface area contributed by atoms with Crippen molar-refractivity contribution in [3.8, 4) is 11.5 Å². The number of benzene rings is 2. The molecule has 0 radical (unpaired) electrons. The first-order chi connectivity index (χ1) is 19.1. The molecule has 1 N–H and O–H groups in total. The molecule has 3 heterocycles. The number of aryl methyl sites for hydroxylation is 3. The Kier molecular flexibility index (Phi) is 6.49. The summed E-state index contributed by atoms with van der Waals surface area (Å²) in [5.74, 6) is 0.310. The molecule has 0 amide bonds. The van der Waals surface area contributed by atoms with Crippen molar-refractivity contribution in [3.05, 3.63) is 76.1 Å². The molecule has 1 aliphatic heterocycles. The Morgan fingerprint density at radius 1 is 1.25 bits per heavy atom. The van der Waals surface area contributed by atoms with Crippen molar-refractivity contribution < 1.29 is 19.4 Å². The summed E-state index contributed by atoms with van der Waals surface area (Å²) in [6.07, 6.45) is 5.63. The number of carboxylic acid groups (broad SMARTS) is 1. The molecule has 0 saturated carbocycles. The number of carbonyl (C=O) groups is 1. The van der Waals surface area contributed by atoms with Gasteiger partial charge in [-0.25, -0.2) is 4.68 Å². The highest BCUT2D eigenvalue weighted by molar-refractivity contribution is 5.86. The van der Waals surface area contributed by atoms with Gasteiger partial charge in [-0.3, -0.25) is 14.7 Å². The van der Waals surface area contributed by atoms with Crippen LogP contribution in [0.15, 0.2) is 42.7 Å². The molecule has 9 heteroatoms. The first-order valence-corrected chi connectivity index (χ1v) is 13.7. The lowest BCUT2D eigenvalue weighted by atomic mass is 9.84. The van der Waals surface area contributed by atoms with Crippen molar-refractivity contribution >= 4 is 17.0 Å². The molecule has 2 aromatic heterocycles. The highest BCUT2D eigenvalue weighted by Gasteiger charge is 2.36. The Morgan fingerprint density at radius 3 is 2.85 bits per heavy atom. The van der Waals surface area contributed by atoms with Crippen LogP contribution in [0.3, 0.4) is 0 Å². The van der Waals surface area contributed by atoms with Crippen LogP contribution in [-0.4, -0.2) is 55.2 Å².